The van der Waals surface area contributed by atoms with Crippen LogP contribution in [0.15, 0.2) is 0 Å². The summed E-state index contributed by atoms with van der Waals surface area (Å²) in [4.78, 5) is 0. The van der Waals surface area contributed by atoms with Crippen molar-refractivity contribution in [2.45, 2.75) is 53.6 Å². The Labute approximate surface area is 88.9 Å². The van der Waals surface area contributed by atoms with Gasteiger partial charge in [-0.1, -0.05) is 34.6 Å². The summed E-state index contributed by atoms with van der Waals surface area (Å²) in [7, 11) is 0. The van der Waals surface area contributed by atoms with Crippen LogP contribution in [-0.4, -0.2) is 11.2 Å². The summed E-state index contributed by atoms with van der Waals surface area (Å²) >= 11 is 0. The lowest BCUT2D eigenvalue weighted by Crippen LogP contribution is -2.38. The fourth-order valence-electron chi connectivity index (χ4n) is 2.89. The van der Waals surface area contributed by atoms with Crippen LogP contribution in [0, 0.1) is 29.6 Å². The molecular weight excluding hydrogens is 172 g/mol. The van der Waals surface area contributed by atoms with Crippen LogP contribution in [0.5, 0.6) is 0 Å². The van der Waals surface area contributed by atoms with Gasteiger partial charge >= 0.3 is 0 Å². The van der Waals surface area contributed by atoms with E-state index in [9.17, 15) is 5.11 Å². The van der Waals surface area contributed by atoms with E-state index in [-0.39, 0.29) is 6.10 Å². The third-order valence-electron chi connectivity index (χ3n) is 4.20. The molecule has 0 amide bonds. The van der Waals surface area contributed by atoms with E-state index in [0.29, 0.717) is 17.8 Å². The Morgan fingerprint density at radius 1 is 1.00 bits per heavy atom. The third kappa shape index (κ3) is 2.50. The van der Waals surface area contributed by atoms with Crippen LogP contribution in [-0.2, 0) is 0 Å². The normalized spacial score (nSPS) is 39.4. The molecule has 84 valence electrons. The fourth-order valence-corrected chi connectivity index (χ4v) is 2.89. The Kier molecular flexibility index (Phi) is 4.00. The van der Waals surface area contributed by atoms with Crippen LogP contribution in [0.3, 0.4) is 0 Å². The summed E-state index contributed by atoms with van der Waals surface area (Å²) in [5, 5.41) is 10.0. The van der Waals surface area contributed by atoms with Crippen LogP contribution in [0.2, 0.25) is 0 Å². The van der Waals surface area contributed by atoms with Crippen molar-refractivity contribution in [3.05, 3.63) is 0 Å². The van der Waals surface area contributed by atoms with Crippen molar-refractivity contribution in [3.8, 4) is 0 Å². The Bertz CT molecular complexity index is 174. The van der Waals surface area contributed by atoms with Crippen LogP contribution in [0.1, 0.15) is 47.5 Å². The standard InChI is InChI=1S/C13H26O/c1-8(2)11-6-12(9(3)4)10(5)13(14)7-11/h8-14H,6-7H2,1-5H3/t10-,11+,12+,13+/m1/s1. The zero-order chi connectivity index (χ0) is 10.9. The number of hydrogen-bond acceptors (Lipinski definition) is 1. The summed E-state index contributed by atoms with van der Waals surface area (Å²) in [6.45, 7) is 11.4. The Morgan fingerprint density at radius 2 is 1.57 bits per heavy atom. The summed E-state index contributed by atoms with van der Waals surface area (Å²) < 4.78 is 0. The first-order valence-electron chi connectivity index (χ1n) is 6.11. The fraction of sp³-hybridized carbons (Fsp3) is 1.00. The first-order chi connectivity index (χ1) is 6.43. The molecule has 1 saturated carbocycles. The van der Waals surface area contributed by atoms with Gasteiger partial charge in [0.2, 0.25) is 0 Å². The van der Waals surface area contributed by atoms with Crippen molar-refractivity contribution < 1.29 is 5.11 Å². The predicted molar refractivity (Wildman–Crippen MR) is 61.1 cm³/mol. The lowest BCUT2D eigenvalue weighted by atomic mass is 9.66. The number of rotatable bonds is 2. The Balaban J connectivity index is 2.66. The van der Waals surface area contributed by atoms with Crippen LogP contribution in [0.4, 0.5) is 0 Å². The quantitative estimate of drug-likeness (QED) is 0.721. The molecule has 1 aliphatic carbocycles. The number of hydrogen-bond donors (Lipinski definition) is 1. The van der Waals surface area contributed by atoms with Crippen molar-refractivity contribution in [1.82, 2.24) is 0 Å². The van der Waals surface area contributed by atoms with Gasteiger partial charge in [-0.15, -0.1) is 0 Å². The summed E-state index contributed by atoms with van der Waals surface area (Å²) in [5.41, 5.74) is 0. The van der Waals surface area contributed by atoms with Gasteiger partial charge in [-0.05, 0) is 42.4 Å². The monoisotopic (exact) mass is 198 g/mol. The Morgan fingerprint density at radius 3 is 2.00 bits per heavy atom. The molecule has 0 radical (unpaired) electrons. The molecule has 0 aromatic rings. The molecule has 4 atom stereocenters. The van der Waals surface area contributed by atoms with E-state index in [1.54, 1.807) is 0 Å². The van der Waals surface area contributed by atoms with E-state index >= 15 is 0 Å². The highest BCUT2D eigenvalue weighted by molar-refractivity contribution is 4.86. The van der Waals surface area contributed by atoms with E-state index in [2.05, 4.69) is 34.6 Å². The lowest BCUT2D eigenvalue weighted by Gasteiger charge is -2.41. The first kappa shape index (κ1) is 12.0. The maximum atomic E-state index is 10.0. The van der Waals surface area contributed by atoms with Crippen molar-refractivity contribution in [2.75, 3.05) is 0 Å². The second-order valence-electron chi connectivity index (χ2n) is 5.81. The van der Waals surface area contributed by atoms with Crippen molar-refractivity contribution >= 4 is 0 Å². The van der Waals surface area contributed by atoms with Gasteiger partial charge in [-0.3, -0.25) is 0 Å². The average molecular weight is 198 g/mol. The molecule has 0 aromatic heterocycles. The minimum absolute atomic E-state index is 0.0662. The molecule has 0 bridgehead atoms. The molecule has 14 heavy (non-hydrogen) atoms. The van der Waals surface area contributed by atoms with E-state index in [0.717, 1.165) is 18.3 Å². The van der Waals surface area contributed by atoms with Gasteiger partial charge in [0.1, 0.15) is 0 Å². The Hall–Kier alpha value is -0.0400. The molecule has 0 heterocycles. The summed E-state index contributed by atoms with van der Waals surface area (Å²) in [6.07, 6.45) is 2.26. The van der Waals surface area contributed by atoms with Crippen molar-refractivity contribution in [1.29, 1.82) is 0 Å². The summed E-state index contributed by atoms with van der Waals surface area (Å²) in [5.74, 6) is 3.37. The van der Waals surface area contributed by atoms with Gasteiger partial charge < -0.3 is 5.11 Å². The van der Waals surface area contributed by atoms with Crippen LogP contribution >= 0.6 is 0 Å². The van der Waals surface area contributed by atoms with Crippen molar-refractivity contribution in [2.24, 2.45) is 29.6 Å². The van der Waals surface area contributed by atoms with E-state index in [4.69, 9.17) is 0 Å². The van der Waals surface area contributed by atoms with Gasteiger partial charge in [0.15, 0.2) is 0 Å². The highest BCUT2D eigenvalue weighted by atomic mass is 16.3. The van der Waals surface area contributed by atoms with E-state index < -0.39 is 0 Å². The lowest BCUT2D eigenvalue weighted by molar-refractivity contribution is -0.0112. The molecule has 0 aliphatic heterocycles. The molecule has 1 N–H and O–H groups in total. The molecular formula is C13H26O. The average Bonchev–Trinajstić information content (AvgIpc) is 2.08. The molecule has 1 rings (SSSR count). The predicted octanol–water partition coefficient (Wildman–Crippen LogP) is 3.32. The van der Waals surface area contributed by atoms with Crippen molar-refractivity contribution in [3.63, 3.8) is 0 Å². The molecule has 1 aliphatic rings. The van der Waals surface area contributed by atoms with Gasteiger partial charge in [0, 0.05) is 0 Å². The minimum atomic E-state index is -0.0662. The maximum Gasteiger partial charge on any atom is 0.0571 e. The minimum Gasteiger partial charge on any atom is -0.393 e. The van der Waals surface area contributed by atoms with Crippen LogP contribution in [0.25, 0.3) is 0 Å². The first-order valence-corrected chi connectivity index (χ1v) is 6.11. The van der Waals surface area contributed by atoms with Crippen LogP contribution < -0.4 is 0 Å². The van der Waals surface area contributed by atoms with Gasteiger partial charge in [0.05, 0.1) is 6.10 Å². The summed E-state index contributed by atoms with van der Waals surface area (Å²) in [6, 6.07) is 0. The van der Waals surface area contributed by atoms with E-state index in [1.807, 2.05) is 0 Å². The molecule has 1 heteroatoms. The molecule has 1 fully saturated rings. The maximum absolute atomic E-state index is 10.0. The molecule has 1 nitrogen and oxygen atoms in total. The number of aliphatic hydroxyl groups excluding tert-OH is 1. The largest absolute Gasteiger partial charge is 0.393 e. The zero-order valence-electron chi connectivity index (χ0n) is 10.3. The topological polar surface area (TPSA) is 20.2 Å². The molecule has 0 spiro atoms. The SMILES string of the molecule is CC(C)[C@@H]1C[C@H](O)[C@H](C)[C@H](C(C)C)C1. The smallest absolute Gasteiger partial charge is 0.0571 e. The third-order valence-corrected chi connectivity index (χ3v) is 4.20. The zero-order valence-corrected chi connectivity index (χ0v) is 10.3. The van der Waals surface area contributed by atoms with Gasteiger partial charge in [-0.25, -0.2) is 0 Å². The highest BCUT2D eigenvalue weighted by Crippen LogP contribution is 2.40. The molecule has 0 aromatic carbocycles. The highest BCUT2D eigenvalue weighted by Gasteiger charge is 2.36. The van der Waals surface area contributed by atoms with Gasteiger partial charge in [0.25, 0.3) is 0 Å². The van der Waals surface area contributed by atoms with Gasteiger partial charge in [-0.2, -0.15) is 0 Å². The second-order valence-corrected chi connectivity index (χ2v) is 5.81. The molecule has 0 unspecified atom stereocenters. The second kappa shape index (κ2) is 4.65. The molecule has 0 saturated heterocycles. The number of aliphatic hydroxyl groups is 1. The van der Waals surface area contributed by atoms with E-state index in [1.165, 1.54) is 6.42 Å².